The van der Waals surface area contributed by atoms with E-state index in [-0.39, 0.29) is 0 Å². The summed E-state index contributed by atoms with van der Waals surface area (Å²) in [4.78, 5) is 15.4. The minimum absolute atomic E-state index is 0.314. The quantitative estimate of drug-likeness (QED) is 0.727. The molecule has 1 rings (SSSR count). The Bertz CT molecular complexity index is 344. The molecule has 1 aromatic heterocycles. The lowest BCUT2D eigenvalue weighted by Gasteiger charge is -2.18. The summed E-state index contributed by atoms with van der Waals surface area (Å²) in [6.45, 7) is 5.47. The van der Waals surface area contributed by atoms with Crippen molar-refractivity contribution in [3.63, 3.8) is 0 Å². The molecular weight excluding hydrogens is 246 g/mol. The van der Waals surface area contributed by atoms with E-state index in [1.165, 1.54) is 0 Å². The van der Waals surface area contributed by atoms with Crippen molar-refractivity contribution in [1.82, 2.24) is 4.98 Å². The highest BCUT2D eigenvalue weighted by molar-refractivity contribution is 9.10. The van der Waals surface area contributed by atoms with Gasteiger partial charge in [-0.1, -0.05) is 15.9 Å². The van der Waals surface area contributed by atoms with Crippen LogP contribution in [0.3, 0.4) is 0 Å². The molecule has 0 unspecified atom stereocenters. The molecule has 1 aromatic rings. The SMILES string of the molecule is CC(C)(C)OC(=O)c1cc(Br)ccn1. The van der Waals surface area contributed by atoms with E-state index < -0.39 is 11.6 Å². The van der Waals surface area contributed by atoms with Gasteiger partial charge in [0.25, 0.3) is 0 Å². The molecule has 0 aliphatic heterocycles. The lowest BCUT2D eigenvalue weighted by Crippen LogP contribution is -2.24. The molecule has 14 heavy (non-hydrogen) atoms. The van der Waals surface area contributed by atoms with E-state index in [1.54, 1.807) is 18.3 Å². The largest absolute Gasteiger partial charge is 0.455 e. The van der Waals surface area contributed by atoms with Crippen LogP contribution < -0.4 is 0 Å². The van der Waals surface area contributed by atoms with Gasteiger partial charge in [-0.3, -0.25) is 0 Å². The number of carbonyl (C=O) groups is 1. The first-order valence-electron chi connectivity index (χ1n) is 4.23. The van der Waals surface area contributed by atoms with E-state index in [2.05, 4.69) is 20.9 Å². The molecular formula is C10H12BrNO2. The zero-order valence-corrected chi connectivity index (χ0v) is 9.96. The topological polar surface area (TPSA) is 39.2 Å². The van der Waals surface area contributed by atoms with Gasteiger partial charge in [0.05, 0.1) is 0 Å². The normalized spacial score (nSPS) is 11.1. The average Bonchev–Trinajstić information content (AvgIpc) is 2.01. The Morgan fingerprint density at radius 1 is 1.50 bits per heavy atom. The smallest absolute Gasteiger partial charge is 0.357 e. The van der Waals surface area contributed by atoms with Crippen molar-refractivity contribution >= 4 is 21.9 Å². The summed E-state index contributed by atoms with van der Waals surface area (Å²) in [6, 6.07) is 3.39. The van der Waals surface area contributed by atoms with E-state index >= 15 is 0 Å². The predicted molar refractivity (Wildman–Crippen MR) is 57.1 cm³/mol. The molecule has 0 amide bonds. The van der Waals surface area contributed by atoms with Crippen molar-refractivity contribution in [2.45, 2.75) is 26.4 Å². The van der Waals surface area contributed by atoms with Crippen LogP contribution in [0.1, 0.15) is 31.3 Å². The fourth-order valence-electron chi connectivity index (χ4n) is 0.847. The monoisotopic (exact) mass is 257 g/mol. The van der Waals surface area contributed by atoms with Crippen molar-refractivity contribution in [1.29, 1.82) is 0 Å². The van der Waals surface area contributed by atoms with Gasteiger partial charge in [-0.15, -0.1) is 0 Å². The molecule has 0 aromatic carbocycles. The predicted octanol–water partition coefficient (Wildman–Crippen LogP) is 2.80. The number of halogens is 1. The van der Waals surface area contributed by atoms with Crippen LogP contribution in [0.15, 0.2) is 22.8 Å². The standard InChI is InChI=1S/C10H12BrNO2/c1-10(2,3)14-9(13)8-6-7(11)4-5-12-8/h4-6H,1-3H3. The minimum atomic E-state index is -0.485. The Balaban J connectivity index is 2.80. The highest BCUT2D eigenvalue weighted by Crippen LogP contribution is 2.13. The number of rotatable bonds is 1. The molecule has 0 aliphatic rings. The van der Waals surface area contributed by atoms with Crippen molar-refractivity contribution in [2.24, 2.45) is 0 Å². The fourth-order valence-corrected chi connectivity index (χ4v) is 1.18. The number of esters is 1. The van der Waals surface area contributed by atoms with Gasteiger partial charge in [0, 0.05) is 10.7 Å². The van der Waals surface area contributed by atoms with E-state index in [0.29, 0.717) is 5.69 Å². The Labute approximate surface area is 91.6 Å². The van der Waals surface area contributed by atoms with Crippen LogP contribution in [0.25, 0.3) is 0 Å². The fraction of sp³-hybridized carbons (Fsp3) is 0.400. The highest BCUT2D eigenvalue weighted by atomic mass is 79.9. The van der Waals surface area contributed by atoms with Crippen molar-refractivity contribution in [2.75, 3.05) is 0 Å². The molecule has 0 radical (unpaired) electrons. The summed E-state index contributed by atoms with van der Waals surface area (Å²) >= 11 is 3.26. The first kappa shape index (κ1) is 11.2. The summed E-state index contributed by atoms with van der Waals surface area (Å²) in [7, 11) is 0. The molecule has 0 spiro atoms. The molecule has 1 heterocycles. The van der Waals surface area contributed by atoms with Crippen LogP contribution in [-0.2, 0) is 4.74 Å². The van der Waals surface area contributed by atoms with Crippen LogP contribution in [0.4, 0.5) is 0 Å². The van der Waals surface area contributed by atoms with Crippen molar-refractivity contribution in [3.8, 4) is 0 Å². The molecule has 0 saturated carbocycles. The molecule has 4 heteroatoms. The number of carbonyl (C=O) groups excluding carboxylic acids is 1. The van der Waals surface area contributed by atoms with Gasteiger partial charge in [-0.2, -0.15) is 0 Å². The van der Waals surface area contributed by atoms with Crippen molar-refractivity contribution in [3.05, 3.63) is 28.5 Å². The number of ether oxygens (including phenoxy) is 1. The maximum absolute atomic E-state index is 11.5. The third-order valence-corrected chi connectivity index (χ3v) is 1.82. The van der Waals surface area contributed by atoms with E-state index in [4.69, 9.17) is 4.74 Å². The lowest BCUT2D eigenvalue weighted by molar-refractivity contribution is 0.00628. The van der Waals surface area contributed by atoms with Gasteiger partial charge in [0.1, 0.15) is 11.3 Å². The van der Waals surface area contributed by atoms with E-state index in [1.807, 2.05) is 20.8 Å². The third-order valence-electron chi connectivity index (χ3n) is 1.33. The van der Waals surface area contributed by atoms with Gasteiger partial charge in [-0.25, -0.2) is 9.78 Å². The summed E-state index contributed by atoms with van der Waals surface area (Å²) in [6.07, 6.45) is 1.56. The van der Waals surface area contributed by atoms with Gasteiger partial charge in [-0.05, 0) is 32.9 Å². The second-order valence-corrected chi connectivity index (χ2v) is 4.78. The van der Waals surface area contributed by atoms with Crippen molar-refractivity contribution < 1.29 is 9.53 Å². The Morgan fingerprint density at radius 3 is 2.64 bits per heavy atom. The Morgan fingerprint density at radius 2 is 2.14 bits per heavy atom. The van der Waals surface area contributed by atoms with Gasteiger partial charge in [0.15, 0.2) is 0 Å². The molecule has 0 N–H and O–H groups in total. The summed E-state index contributed by atoms with van der Waals surface area (Å²) < 4.78 is 5.97. The summed E-state index contributed by atoms with van der Waals surface area (Å²) in [5.41, 5.74) is -0.171. The first-order chi connectivity index (χ1) is 6.38. The molecule has 3 nitrogen and oxygen atoms in total. The number of pyridine rings is 1. The molecule has 0 fully saturated rings. The number of hydrogen-bond acceptors (Lipinski definition) is 3. The van der Waals surface area contributed by atoms with Gasteiger partial charge in [0.2, 0.25) is 0 Å². The average molecular weight is 258 g/mol. The van der Waals surface area contributed by atoms with Gasteiger partial charge < -0.3 is 4.74 Å². The maximum Gasteiger partial charge on any atom is 0.357 e. The molecule has 0 bridgehead atoms. The molecule has 76 valence electrons. The lowest BCUT2D eigenvalue weighted by atomic mass is 10.2. The van der Waals surface area contributed by atoms with Crippen LogP contribution in [0, 0.1) is 0 Å². The Kier molecular flexibility index (Phi) is 3.26. The molecule has 0 aliphatic carbocycles. The maximum atomic E-state index is 11.5. The van der Waals surface area contributed by atoms with Crippen LogP contribution in [-0.4, -0.2) is 16.6 Å². The second kappa shape index (κ2) is 4.09. The molecule has 0 atom stereocenters. The van der Waals surface area contributed by atoms with Crippen LogP contribution in [0.2, 0.25) is 0 Å². The van der Waals surface area contributed by atoms with E-state index in [0.717, 1.165) is 4.47 Å². The van der Waals surface area contributed by atoms with Crippen LogP contribution >= 0.6 is 15.9 Å². The third kappa shape index (κ3) is 3.46. The minimum Gasteiger partial charge on any atom is -0.455 e. The molecule has 0 saturated heterocycles. The zero-order valence-electron chi connectivity index (χ0n) is 8.37. The van der Waals surface area contributed by atoms with E-state index in [9.17, 15) is 4.79 Å². The summed E-state index contributed by atoms with van der Waals surface area (Å²) in [5, 5.41) is 0. The Hall–Kier alpha value is -0.900. The number of hydrogen-bond donors (Lipinski definition) is 0. The number of aromatic nitrogens is 1. The van der Waals surface area contributed by atoms with Crippen LogP contribution in [0.5, 0.6) is 0 Å². The first-order valence-corrected chi connectivity index (χ1v) is 5.03. The highest BCUT2D eigenvalue weighted by Gasteiger charge is 2.18. The zero-order chi connectivity index (χ0) is 10.8. The van der Waals surface area contributed by atoms with Gasteiger partial charge >= 0.3 is 5.97 Å². The number of nitrogens with zero attached hydrogens (tertiary/aromatic N) is 1. The summed E-state index contributed by atoms with van der Waals surface area (Å²) in [5.74, 6) is -0.404. The second-order valence-electron chi connectivity index (χ2n) is 3.86.